The molecule has 0 bridgehead atoms. The smallest absolute Gasteiger partial charge is 0.249 e. The number of piperidine rings is 1. The first-order valence-corrected chi connectivity index (χ1v) is 8.63. The average Bonchev–Trinajstić information content (AvgIpc) is 3.11. The minimum Gasteiger partial charge on any atom is -0.363 e. The molecule has 2 fully saturated rings. The molecule has 3 atom stereocenters. The fourth-order valence-electron chi connectivity index (χ4n) is 3.54. The Balaban J connectivity index is 1.32. The average molecular weight is 339 g/mol. The molecule has 1 amide bonds. The number of rotatable bonds is 4. The number of nitrogens with zero attached hydrogens (tertiary/aromatic N) is 4. The monoisotopic (exact) mass is 339 g/mol. The number of anilines is 1. The van der Waals surface area contributed by atoms with Crippen molar-refractivity contribution in [3.05, 3.63) is 48.5 Å². The van der Waals surface area contributed by atoms with Crippen LogP contribution in [0.1, 0.15) is 18.4 Å². The molecule has 2 aromatic heterocycles. The maximum Gasteiger partial charge on any atom is 0.249 e. The third-order valence-electron chi connectivity index (χ3n) is 4.87. The molecule has 4 rings (SSSR count). The quantitative estimate of drug-likeness (QED) is 0.901. The lowest BCUT2D eigenvalue weighted by atomic mass is 9.92. The van der Waals surface area contributed by atoms with Gasteiger partial charge in [-0.05, 0) is 36.5 Å². The van der Waals surface area contributed by atoms with Crippen LogP contribution in [-0.2, 0) is 16.1 Å². The van der Waals surface area contributed by atoms with Gasteiger partial charge in [-0.1, -0.05) is 6.07 Å². The van der Waals surface area contributed by atoms with Crippen molar-refractivity contribution in [1.29, 1.82) is 0 Å². The molecule has 0 radical (unpaired) electrons. The Morgan fingerprint density at radius 3 is 2.96 bits per heavy atom. The highest BCUT2D eigenvalue weighted by Crippen LogP contribution is 2.34. The lowest BCUT2D eigenvalue weighted by Crippen LogP contribution is -2.43. The molecule has 2 saturated heterocycles. The van der Waals surface area contributed by atoms with Gasteiger partial charge in [-0.15, -0.1) is 0 Å². The Morgan fingerprint density at radius 1 is 1.28 bits per heavy atom. The van der Waals surface area contributed by atoms with Gasteiger partial charge in [0.05, 0.1) is 6.10 Å². The van der Waals surface area contributed by atoms with Gasteiger partial charge in [-0.25, -0.2) is 9.97 Å². The molecular weight excluding hydrogens is 318 g/mol. The summed E-state index contributed by atoms with van der Waals surface area (Å²) < 4.78 is 6.04. The number of amides is 1. The van der Waals surface area contributed by atoms with Crippen molar-refractivity contribution in [3.63, 3.8) is 0 Å². The van der Waals surface area contributed by atoms with Gasteiger partial charge in [0, 0.05) is 44.4 Å². The van der Waals surface area contributed by atoms with Gasteiger partial charge in [0.1, 0.15) is 6.10 Å². The van der Waals surface area contributed by atoms with Gasteiger partial charge in [0.15, 0.2) is 0 Å². The third-order valence-corrected chi connectivity index (χ3v) is 4.87. The molecule has 0 aromatic carbocycles. The summed E-state index contributed by atoms with van der Waals surface area (Å²) in [5, 5.41) is 2.95. The number of carbonyl (C=O) groups is 1. The zero-order chi connectivity index (χ0) is 17.1. The van der Waals surface area contributed by atoms with Crippen LogP contribution >= 0.6 is 0 Å². The van der Waals surface area contributed by atoms with Gasteiger partial charge in [-0.2, -0.15) is 0 Å². The Morgan fingerprint density at radius 2 is 2.16 bits per heavy atom. The summed E-state index contributed by atoms with van der Waals surface area (Å²) in [6.07, 6.45) is 8.44. The van der Waals surface area contributed by atoms with E-state index in [0.717, 1.165) is 37.4 Å². The van der Waals surface area contributed by atoms with E-state index in [1.165, 1.54) is 0 Å². The van der Waals surface area contributed by atoms with Gasteiger partial charge < -0.3 is 15.0 Å². The molecule has 0 saturated carbocycles. The van der Waals surface area contributed by atoms with E-state index in [9.17, 15) is 4.79 Å². The van der Waals surface area contributed by atoms with Crippen LogP contribution in [0.15, 0.2) is 43.0 Å². The molecule has 2 aromatic rings. The molecule has 0 spiro atoms. The number of pyridine rings is 1. The summed E-state index contributed by atoms with van der Waals surface area (Å²) in [6.45, 7) is 2.12. The molecule has 0 aliphatic carbocycles. The van der Waals surface area contributed by atoms with E-state index in [1.807, 2.05) is 18.2 Å². The highest BCUT2D eigenvalue weighted by molar-refractivity contribution is 5.81. The standard InChI is InChI=1S/C18H21N5O2/c24-17(22-11-13-3-1-5-19-10-13)15-9-14-4-8-23(12-16(14)25-15)18-20-6-2-7-21-18/h1-3,5-7,10,14-16H,4,8-9,11-12H2,(H,22,24)/t14-,15-,16-/m0/s1. The van der Waals surface area contributed by atoms with Crippen LogP contribution in [0.25, 0.3) is 0 Å². The van der Waals surface area contributed by atoms with Crippen LogP contribution in [0, 0.1) is 5.92 Å². The molecule has 7 nitrogen and oxygen atoms in total. The number of fused-ring (bicyclic) bond motifs is 1. The minimum absolute atomic E-state index is 0.0410. The highest BCUT2D eigenvalue weighted by Gasteiger charge is 2.42. The first-order valence-electron chi connectivity index (χ1n) is 8.63. The second-order valence-electron chi connectivity index (χ2n) is 6.52. The van der Waals surface area contributed by atoms with Crippen LogP contribution in [0.4, 0.5) is 5.95 Å². The van der Waals surface area contributed by atoms with E-state index < -0.39 is 0 Å². The number of carbonyl (C=O) groups excluding carboxylic acids is 1. The Bertz CT molecular complexity index is 712. The van der Waals surface area contributed by atoms with Crippen molar-refractivity contribution in [2.45, 2.75) is 31.6 Å². The topological polar surface area (TPSA) is 80.2 Å². The zero-order valence-electron chi connectivity index (χ0n) is 13.9. The SMILES string of the molecule is O=C(NCc1cccnc1)[C@@H]1C[C@@H]2CCN(c3ncccn3)C[C@@H]2O1. The molecule has 1 N–H and O–H groups in total. The van der Waals surface area contributed by atoms with Crippen molar-refractivity contribution in [2.75, 3.05) is 18.0 Å². The van der Waals surface area contributed by atoms with Crippen LogP contribution in [0.3, 0.4) is 0 Å². The summed E-state index contributed by atoms with van der Waals surface area (Å²) >= 11 is 0. The molecule has 25 heavy (non-hydrogen) atoms. The fraction of sp³-hybridized carbons (Fsp3) is 0.444. The summed E-state index contributed by atoms with van der Waals surface area (Å²) in [7, 11) is 0. The predicted molar refractivity (Wildman–Crippen MR) is 91.7 cm³/mol. The Kier molecular flexibility index (Phi) is 4.56. The van der Waals surface area contributed by atoms with Crippen molar-refractivity contribution in [2.24, 2.45) is 5.92 Å². The Labute approximate surface area is 146 Å². The molecular formula is C18H21N5O2. The predicted octanol–water partition coefficient (Wildman–Crippen LogP) is 1.17. The van der Waals surface area contributed by atoms with E-state index >= 15 is 0 Å². The largest absolute Gasteiger partial charge is 0.363 e. The lowest BCUT2D eigenvalue weighted by molar-refractivity contribution is -0.132. The van der Waals surface area contributed by atoms with Gasteiger partial charge in [0.25, 0.3) is 0 Å². The van der Waals surface area contributed by atoms with Crippen LogP contribution in [-0.4, -0.2) is 46.2 Å². The first kappa shape index (κ1) is 16.0. The van der Waals surface area contributed by atoms with Crippen LogP contribution in [0.5, 0.6) is 0 Å². The zero-order valence-corrected chi connectivity index (χ0v) is 13.9. The highest BCUT2D eigenvalue weighted by atomic mass is 16.5. The summed E-state index contributed by atoms with van der Waals surface area (Å²) in [6, 6.07) is 5.62. The second kappa shape index (κ2) is 7.14. The molecule has 2 aliphatic heterocycles. The van der Waals surface area contributed by atoms with E-state index in [2.05, 4.69) is 25.2 Å². The maximum atomic E-state index is 12.4. The molecule has 130 valence electrons. The minimum atomic E-state index is -0.372. The first-order chi connectivity index (χ1) is 12.3. The fourth-order valence-corrected chi connectivity index (χ4v) is 3.54. The number of nitrogens with one attached hydrogen (secondary N) is 1. The van der Waals surface area contributed by atoms with Crippen LogP contribution < -0.4 is 10.2 Å². The number of hydrogen-bond acceptors (Lipinski definition) is 6. The summed E-state index contributed by atoms with van der Waals surface area (Å²) in [4.78, 5) is 27.2. The van der Waals surface area contributed by atoms with Gasteiger partial charge in [-0.3, -0.25) is 9.78 Å². The van der Waals surface area contributed by atoms with Gasteiger partial charge >= 0.3 is 0 Å². The van der Waals surface area contributed by atoms with Crippen molar-refractivity contribution < 1.29 is 9.53 Å². The third kappa shape index (κ3) is 3.61. The molecule has 0 unspecified atom stereocenters. The Hall–Kier alpha value is -2.54. The van der Waals surface area contributed by atoms with E-state index in [4.69, 9.17) is 4.74 Å². The van der Waals surface area contributed by atoms with Crippen molar-refractivity contribution >= 4 is 11.9 Å². The van der Waals surface area contributed by atoms with E-state index in [0.29, 0.717) is 12.5 Å². The summed E-state index contributed by atoms with van der Waals surface area (Å²) in [5.74, 6) is 1.11. The molecule has 7 heteroatoms. The molecule has 2 aliphatic rings. The normalized spacial score (nSPS) is 25.4. The summed E-state index contributed by atoms with van der Waals surface area (Å²) in [5.41, 5.74) is 0.985. The molecule has 4 heterocycles. The van der Waals surface area contributed by atoms with Crippen molar-refractivity contribution in [3.8, 4) is 0 Å². The second-order valence-corrected chi connectivity index (χ2v) is 6.52. The maximum absolute atomic E-state index is 12.4. The number of hydrogen-bond donors (Lipinski definition) is 1. The van der Waals surface area contributed by atoms with E-state index in [1.54, 1.807) is 24.8 Å². The lowest BCUT2D eigenvalue weighted by Gasteiger charge is -2.33. The van der Waals surface area contributed by atoms with Crippen LogP contribution in [0.2, 0.25) is 0 Å². The number of ether oxygens (including phenoxy) is 1. The van der Waals surface area contributed by atoms with Gasteiger partial charge in [0.2, 0.25) is 11.9 Å². The van der Waals surface area contributed by atoms with E-state index in [-0.39, 0.29) is 18.1 Å². The number of aromatic nitrogens is 3. The van der Waals surface area contributed by atoms with Crippen molar-refractivity contribution in [1.82, 2.24) is 20.3 Å².